The van der Waals surface area contributed by atoms with Crippen LogP contribution in [-0.4, -0.2) is 25.3 Å². The maximum Gasteiger partial charge on any atom is 0.0637 e. The summed E-state index contributed by atoms with van der Waals surface area (Å²) in [4.78, 5) is 0. The molecule has 0 aromatic heterocycles. The fourth-order valence-corrected chi connectivity index (χ4v) is 1.42. The minimum Gasteiger partial charge on any atom is -0.379 e. The number of methoxy groups -OCH3 is 1. The first-order chi connectivity index (χ1) is 6.02. The van der Waals surface area contributed by atoms with Crippen molar-refractivity contribution in [3.8, 4) is 0 Å². The maximum absolute atomic E-state index is 5.37. The summed E-state index contributed by atoms with van der Waals surface area (Å²) in [5.74, 6) is 0. The molecule has 0 spiro atoms. The molecule has 0 rings (SSSR count). The van der Waals surface area contributed by atoms with Crippen molar-refractivity contribution in [2.75, 3.05) is 13.7 Å². The number of hydrogen-bond acceptors (Lipinski definition) is 2. The SMILES string of the molecule is CCCCN[C@H](C)CC(C)(C)OC. The minimum absolute atomic E-state index is 0.00136. The van der Waals surface area contributed by atoms with Gasteiger partial charge < -0.3 is 10.1 Å². The highest BCUT2D eigenvalue weighted by atomic mass is 16.5. The fraction of sp³-hybridized carbons (Fsp3) is 1.00. The van der Waals surface area contributed by atoms with Crippen LogP contribution >= 0.6 is 0 Å². The predicted molar refractivity (Wildman–Crippen MR) is 58.1 cm³/mol. The first kappa shape index (κ1) is 12.9. The van der Waals surface area contributed by atoms with Gasteiger partial charge in [0.2, 0.25) is 0 Å². The second-order valence-electron chi connectivity index (χ2n) is 4.38. The van der Waals surface area contributed by atoms with E-state index in [1.165, 1.54) is 12.8 Å². The largest absolute Gasteiger partial charge is 0.379 e. The van der Waals surface area contributed by atoms with Gasteiger partial charge >= 0.3 is 0 Å². The minimum atomic E-state index is -0.00136. The van der Waals surface area contributed by atoms with Crippen molar-refractivity contribution in [3.05, 3.63) is 0 Å². The van der Waals surface area contributed by atoms with Crippen molar-refractivity contribution < 1.29 is 4.74 Å². The molecule has 0 radical (unpaired) electrons. The van der Waals surface area contributed by atoms with E-state index in [-0.39, 0.29) is 5.60 Å². The van der Waals surface area contributed by atoms with E-state index >= 15 is 0 Å². The molecule has 2 heteroatoms. The summed E-state index contributed by atoms with van der Waals surface area (Å²) in [5, 5.41) is 3.49. The van der Waals surface area contributed by atoms with Crippen LogP contribution < -0.4 is 5.32 Å². The molecule has 1 atom stereocenters. The molecule has 0 aliphatic carbocycles. The van der Waals surface area contributed by atoms with Crippen LogP contribution in [0.4, 0.5) is 0 Å². The molecule has 80 valence electrons. The molecule has 0 aliphatic heterocycles. The average molecular weight is 187 g/mol. The van der Waals surface area contributed by atoms with Gasteiger partial charge in [-0.2, -0.15) is 0 Å². The average Bonchev–Trinajstić information content (AvgIpc) is 2.04. The van der Waals surface area contributed by atoms with Gasteiger partial charge in [0.1, 0.15) is 0 Å². The molecule has 0 saturated carbocycles. The molecule has 0 heterocycles. The summed E-state index contributed by atoms with van der Waals surface area (Å²) in [6, 6.07) is 0.543. The van der Waals surface area contributed by atoms with E-state index in [2.05, 4.69) is 33.0 Å². The molecule has 0 fully saturated rings. The molecular weight excluding hydrogens is 162 g/mol. The van der Waals surface area contributed by atoms with E-state index in [1.807, 2.05) is 0 Å². The number of hydrogen-bond donors (Lipinski definition) is 1. The molecule has 0 bridgehead atoms. The van der Waals surface area contributed by atoms with Crippen LogP contribution in [0.5, 0.6) is 0 Å². The third kappa shape index (κ3) is 7.03. The van der Waals surface area contributed by atoms with Crippen molar-refractivity contribution in [2.24, 2.45) is 0 Å². The Balaban J connectivity index is 3.55. The second-order valence-corrected chi connectivity index (χ2v) is 4.38. The van der Waals surface area contributed by atoms with Gasteiger partial charge in [-0.05, 0) is 40.2 Å². The zero-order chi connectivity index (χ0) is 10.3. The van der Waals surface area contributed by atoms with Crippen LogP contribution in [0.25, 0.3) is 0 Å². The maximum atomic E-state index is 5.37. The van der Waals surface area contributed by atoms with Crippen molar-refractivity contribution >= 4 is 0 Å². The Morgan fingerprint density at radius 2 is 2.00 bits per heavy atom. The summed E-state index contributed by atoms with van der Waals surface area (Å²) in [7, 11) is 1.78. The zero-order valence-corrected chi connectivity index (χ0v) is 9.81. The van der Waals surface area contributed by atoms with E-state index in [0.717, 1.165) is 13.0 Å². The molecule has 13 heavy (non-hydrogen) atoms. The highest BCUT2D eigenvalue weighted by Gasteiger charge is 2.19. The normalized spacial score (nSPS) is 14.5. The van der Waals surface area contributed by atoms with E-state index < -0.39 is 0 Å². The molecule has 0 aromatic carbocycles. The Hall–Kier alpha value is -0.0800. The summed E-state index contributed by atoms with van der Waals surface area (Å²) in [5.41, 5.74) is -0.00136. The van der Waals surface area contributed by atoms with Crippen molar-refractivity contribution in [3.63, 3.8) is 0 Å². The van der Waals surface area contributed by atoms with Gasteiger partial charge in [-0.3, -0.25) is 0 Å². The lowest BCUT2D eigenvalue weighted by Gasteiger charge is -2.27. The number of nitrogens with one attached hydrogen (secondary N) is 1. The number of unbranched alkanes of at least 4 members (excludes halogenated alkanes) is 1. The standard InChI is InChI=1S/C11H25NO/c1-6-7-8-12-10(2)9-11(3,4)13-5/h10,12H,6-9H2,1-5H3/t10-/m1/s1. The Morgan fingerprint density at radius 3 is 2.46 bits per heavy atom. The Kier molecular flexibility index (Phi) is 6.35. The third-order valence-corrected chi connectivity index (χ3v) is 2.37. The van der Waals surface area contributed by atoms with E-state index in [9.17, 15) is 0 Å². The van der Waals surface area contributed by atoms with Gasteiger partial charge in [0.25, 0.3) is 0 Å². The van der Waals surface area contributed by atoms with Crippen molar-refractivity contribution in [2.45, 2.75) is 58.6 Å². The number of rotatable bonds is 7. The molecule has 2 nitrogen and oxygen atoms in total. The summed E-state index contributed by atoms with van der Waals surface area (Å²) < 4.78 is 5.37. The van der Waals surface area contributed by atoms with E-state index in [0.29, 0.717) is 6.04 Å². The van der Waals surface area contributed by atoms with E-state index in [4.69, 9.17) is 4.74 Å². The Labute approximate surface area is 83.1 Å². The lowest BCUT2D eigenvalue weighted by atomic mass is 10.00. The fourth-order valence-electron chi connectivity index (χ4n) is 1.42. The number of ether oxygens (including phenoxy) is 1. The van der Waals surface area contributed by atoms with Crippen LogP contribution in [0.15, 0.2) is 0 Å². The van der Waals surface area contributed by atoms with Crippen LogP contribution in [-0.2, 0) is 4.74 Å². The van der Waals surface area contributed by atoms with Crippen LogP contribution in [0.1, 0.15) is 47.0 Å². The highest BCUT2D eigenvalue weighted by Crippen LogP contribution is 2.15. The summed E-state index contributed by atoms with van der Waals surface area (Å²) >= 11 is 0. The van der Waals surface area contributed by atoms with Crippen LogP contribution in [0.3, 0.4) is 0 Å². The van der Waals surface area contributed by atoms with Gasteiger partial charge in [0.15, 0.2) is 0 Å². The topological polar surface area (TPSA) is 21.3 Å². The lowest BCUT2D eigenvalue weighted by Crippen LogP contribution is -2.36. The first-order valence-electron chi connectivity index (χ1n) is 5.30. The quantitative estimate of drug-likeness (QED) is 0.619. The van der Waals surface area contributed by atoms with Gasteiger partial charge in [-0.15, -0.1) is 0 Å². The predicted octanol–water partition coefficient (Wildman–Crippen LogP) is 2.58. The monoisotopic (exact) mass is 187 g/mol. The lowest BCUT2D eigenvalue weighted by molar-refractivity contribution is 0.00860. The second kappa shape index (κ2) is 6.39. The molecule has 0 aliphatic rings. The summed E-state index contributed by atoms with van der Waals surface area (Å²) in [6.45, 7) is 9.81. The highest BCUT2D eigenvalue weighted by molar-refractivity contribution is 4.75. The summed E-state index contributed by atoms with van der Waals surface area (Å²) in [6.07, 6.45) is 3.58. The molecule has 0 aromatic rings. The van der Waals surface area contributed by atoms with Gasteiger partial charge in [0, 0.05) is 13.2 Å². The molecular formula is C11H25NO. The smallest absolute Gasteiger partial charge is 0.0637 e. The van der Waals surface area contributed by atoms with Gasteiger partial charge in [0.05, 0.1) is 5.60 Å². The Morgan fingerprint density at radius 1 is 1.38 bits per heavy atom. The molecule has 0 unspecified atom stereocenters. The van der Waals surface area contributed by atoms with Gasteiger partial charge in [-0.1, -0.05) is 13.3 Å². The van der Waals surface area contributed by atoms with Crippen molar-refractivity contribution in [1.29, 1.82) is 0 Å². The van der Waals surface area contributed by atoms with Crippen LogP contribution in [0.2, 0.25) is 0 Å². The zero-order valence-electron chi connectivity index (χ0n) is 9.81. The molecule has 0 amide bonds. The first-order valence-corrected chi connectivity index (χ1v) is 5.30. The Bertz CT molecular complexity index is 123. The van der Waals surface area contributed by atoms with Crippen LogP contribution in [0, 0.1) is 0 Å². The van der Waals surface area contributed by atoms with E-state index in [1.54, 1.807) is 7.11 Å². The molecule has 0 saturated heterocycles. The molecule has 1 N–H and O–H groups in total. The van der Waals surface area contributed by atoms with Gasteiger partial charge in [-0.25, -0.2) is 0 Å². The van der Waals surface area contributed by atoms with Crippen molar-refractivity contribution in [1.82, 2.24) is 5.32 Å². The third-order valence-electron chi connectivity index (χ3n) is 2.37.